The van der Waals surface area contributed by atoms with Crippen molar-refractivity contribution < 1.29 is 14.2 Å². The van der Waals surface area contributed by atoms with Crippen LogP contribution in [-0.4, -0.2) is 13.4 Å². The van der Waals surface area contributed by atoms with Crippen LogP contribution >= 0.6 is 15.9 Å². The van der Waals surface area contributed by atoms with Crippen molar-refractivity contribution in [2.75, 3.05) is 19.1 Å². The molecular weight excluding hydrogens is 262 g/mol. The highest BCUT2D eigenvalue weighted by Gasteiger charge is 2.23. The van der Waals surface area contributed by atoms with Crippen molar-refractivity contribution in [3.63, 3.8) is 0 Å². The lowest BCUT2D eigenvalue weighted by Crippen LogP contribution is -1.99. The van der Waals surface area contributed by atoms with Gasteiger partial charge in [0.2, 0.25) is 12.5 Å². The van der Waals surface area contributed by atoms with E-state index in [0.29, 0.717) is 29.5 Å². The Morgan fingerprint density at radius 3 is 3.07 bits per heavy atom. The van der Waals surface area contributed by atoms with Crippen molar-refractivity contribution in [2.24, 2.45) is 0 Å². The summed E-state index contributed by atoms with van der Waals surface area (Å²) in [4.78, 5) is 0. The molecule has 2 rings (SSSR count). The number of nitrogens with two attached hydrogens (primary N) is 1. The molecule has 0 bridgehead atoms. The highest BCUT2D eigenvalue weighted by Crippen LogP contribution is 2.48. The fraction of sp³-hybridized carbons (Fsp3) is 0.400. The Morgan fingerprint density at radius 1 is 1.53 bits per heavy atom. The first-order chi connectivity index (χ1) is 7.24. The monoisotopic (exact) mass is 273 g/mol. The Morgan fingerprint density at radius 2 is 2.33 bits per heavy atom. The molecule has 0 amide bonds. The quantitative estimate of drug-likeness (QED) is 0.860. The van der Waals surface area contributed by atoms with Crippen LogP contribution in [0.1, 0.15) is 13.3 Å². The van der Waals surface area contributed by atoms with Crippen LogP contribution in [0.5, 0.6) is 17.2 Å². The minimum Gasteiger partial charge on any atom is -0.488 e. The summed E-state index contributed by atoms with van der Waals surface area (Å²) in [5, 5.41) is 0. The second-order valence-corrected chi connectivity index (χ2v) is 3.98. The van der Waals surface area contributed by atoms with Crippen LogP contribution in [0.4, 0.5) is 5.69 Å². The van der Waals surface area contributed by atoms with Gasteiger partial charge in [-0.15, -0.1) is 0 Å². The maximum absolute atomic E-state index is 5.80. The summed E-state index contributed by atoms with van der Waals surface area (Å²) in [5.74, 6) is 1.90. The molecule has 1 aliphatic heterocycles. The summed E-state index contributed by atoms with van der Waals surface area (Å²) < 4.78 is 16.9. The molecule has 15 heavy (non-hydrogen) atoms. The number of hydrogen-bond donors (Lipinski definition) is 1. The molecule has 0 unspecified atom stereocenters. The number of benzene rings is 1. The summed E-state index contributed by atoms with van der Waals surface area (Å²) in [7, 11) is 0. The van der Waals surface area contributed by atoms with E-state index in [9.17, 15) is 0 Å². The number of hydrogen-bond acceptors (Lipinski definition) is 4. The Balaban J connectivity index is 2.41. The Kier molecular flexibility index (Phi) is 2.90. The second-order valence-electron chi connectivity index (χ2n) is 3.19. The highest BCUT2D eigenvalue weighted by atomic mass is 79.9. The molecule has 0 fully saturated rings. The van der Waals surface area contributed by atoms with Crippen molar-refractivity contribution in [1.29, 1.82) is 0 Å². The zero-order valence-electron chi connectivity index (χ0n) is 8.38. The minimum atomic E-state index is 0.216. The molecule has 0 saturated heterocycles. The van der Waals surface area contributed by atoms with Crippen molar-refractivity contribution in [1.82, 2.24) is 0 Å². The van der Waals surface area contributed by atoms with Gasteiger partial charge in [-0.25, -0.2) is 0 Å². The van der Waals surface area contributed by atoms with Gasteiger partial charge in [-0.05, 0) is 22.4 Å². The summed E-state index contributed by atoms with van der Waals surface area (Å²) in [6.45, 7) is 2.88. The summed E-state index contributed by atoms with van der Waals surface area (Å²) in [6.07, 6.45) is 0.927. The van der Waals surface area contributed by atoms with Gasteiger partial charge in [0, 0.05) is 6.07 Å². The number of ether oxygens (including phenoxy) is 3. The fourth-order valence-corrected chi connectivity index (χ4v) is 1.75. The van der Waals surface area contributed by atoms with E-state index in [4.69, 9.17) is 19.9 Å². The van der Waals surface area contributed by atoms with Crippen molar-refractivity contribution >= 4 is 21.6 Å². The molecule has 4 nitrogen and oxygen atoms in total. The number of rotatable bonds is 3. The molecule has 0 aliphatic carbocycles. The predicted molar refractivity (Wildman–Crippen MR) is 60.5 cm³/mol. The number of anilines is 1. The highest BCUT2D eigenvalue weighted by molar-refractivity contribution is 9.10. The van der Waals surface area contributed by atoms with Gasteiger partial charge >= 0.3 is 0 Å². The molecule has 1 aromatic carbocycles. The molecule has 5 heteroatoms. The first-order valence-electron chi connectivity index (χ1n) is 4.74. The van der Waals surface area contributed by atoms with Gasteiger partial charge in [0.15, 0.2) is 11.5 Å². The standard InChI is InChI=1S/C10H12BrNO3/c1-2-3-13-10-8(11)6(12)4-7-9(10)15-5-14-7/h4H,2-3,5,12H2,1H3. The maximum atomic E-state index is 5.80. The number of halogens is 1. The molecule has 1 aromatic rings. The van der Waals surface area contributed by atoms with Gasteiger partial charge in [-0.3, -0.25) is 0 Å². The zero-order chi connectivity index (χ0) is 10.8. The third kappa shape index (κ3) is 1.84. The van der Waals surface area contributed by atoms with E-state index >= 15 is 0 Å². The zero-order valence-corrected chi connectivity index (χ0v) is 9.96. The summed E-state index contributed by atoms with van der Waals surface area (Å²) >= 11 is 3.38. The first kappa shape index (κ1) is 10.4. The normalized spacial score (nSPS) is 12.9. The van der Waals surface area contributed by atoms with Gasteiger partial charge in [-0.2, -0.15) is 0 Å². The Labute approximate surface area is 96.4 Å². The lowest BCUT2D eigenvalue weighted by atomic mass is 10.2. The van der Waals surface area contributed by atoms with E-state index in [-0.39, 0.29) is 6.79 Å². The van der Waals surface area contributed by atoms with Crippen LogP contribution in [-0.2, 0) is 0 Å². The van der Waals surface area contributed by atoms with Gasteiger partial charge in [0.05, 0.1) is 16.8 Å². The van der Waals surface area contributed by atoms with E-state index in [1.54, 1.807) is 6.07 Å². The van der Waals surface area contributed by atoms with Crippen LogP contribution in [0.2, 0.25) is 0 Å². The van der Waals surface area contributed by atoms with Gasteiger partial charge in [-0.1, -0.05) is 6.92 Å². The van der Waals surface area contributed by atoms with Crippen LogP contribution in [0, 0.1) is 0 Å². The molecule has 1 aliphatic rings. The van der Waals surface area contributed by atoms with Gasteiger partial charge < -0.3 is 19.9 Å². The van der Waals surface area contributed by atoms with Gasteiger partial charge in [0.25, 0.3) is 0 Å². The average Bonchev–Trinajstić information content (AvgIpc) is 2.66. The lowest BCUT2D eigenvalue weighted by molar-refractivity contribution is 0.169. The third-order valence-electron chi connectivity index (χ3n) is 2.04. The van der Waals surface area contributed by atoms with Crippen molar-refractivity contribution in [2.45, 2.75) is 13.3 Å². The van der Waals surface area contributed by atoms with E-state index in [1.165, 1.54) is 0 Å². The lowest BCUT2D eigenvalue weighted by Gasteiger charge is -2.11. The van der Waals surface area contributed by atoms with E-state index in [2.05, 4.69) is 15.9 Å². The number of nitrogen functional groups attached to an aromatic ring is 1. The van der Waals surface area contributed by atoms with Gasteiger partial charge in [0.1, 0.15) is 0 Å². The molecule has 1 heterocycles. The molecule has 0 radical (unpaired) electrons. The number of fused-ring (bicyclic) bond motifs is 1. The van der Waals surface area contributed by atoms with Crippen molar-refractivity contribution in [3.05, 3.63) is 10.5 Å². The predicted octanol–water partition coefficient (Wildman–Crippen LogP) is 2.55. The third-order valence-corrected chi connectivity index (χ3v) is 2.86. The second kappa shape index (κ2) is 4.18. The first-order valence-corrected chi connectivity index (χ1v) is 5.53. The fourth-order valence-electron chi connectivity index (χ4n) is 1.34. The van der Waals surface area contributed by atoms with Crippen LogP contribution in [0.15, 0.2) is 10.5 Å². The minimum absolute atomic E-state index is 0.216. The molecule has 0 spiro atoms. The van der Waals surface area contributed by atoms with Crippen LogP contribution < -0.4 is 19.9 Å². The van der Waals surface area contributed by atoms with Crippen LogP contribution in [0.25, 0.3) is 0 Å². The Hall–Kier alpha value is -1.10. The SMILES string of the molecule is CCCOc1c(Br)c(N)cc2c1OCO2. The maximum Gasteiger partial charge on any atom is 0.231 e. The van der Waals surface area contributed by atoms with Crippen LogP contribution in [0.3, 0.4) is 0 Å². The van der Waals surface area contributed by atoms with E-state index in [1.807, 2.05) is 6.92 Å². The molecule has 0 saturated carbocycles. The molecule has 0 atom stereocenters. The smallest absolute Gasteiger partial charge is 0.231 e. The van der Waals surface area contributed by atoms with E-state index < -0.39 is 0 Å². The Bertz CT molecular complexity index is 381. The average molecular weight is 274 g/mol. The largest absolute Gasteiger partial charge is 0.488 e. The molecule has 2 N–H and O–H groups in total. The molecule has 0 aromatic heterocycles. The topological polar surface area (TPSA) is 53.7 Å². The van der Waals surface area contributed by atoms with E-state index in [0.717, 1.165) is 10.9 Å². The van der Waals surface area contributed by atoms with Crippen molar-refractivity contribution in [3.8, 4) is 17.2 Å². The summed E-state index contributed by atoms with van der Waals surface area (Å²) in [5.41, 5.74) is 6.39. The summed E-state index contributed by atoms with van der Waals surface area (Å²) in [6, 6.07) is 1.73. The molecular formula is C10H12BrNO3. The molecule has 82 valence electrons.